The summed E-state index contributed by atoms with van der Waals surface area (Å²) in [4.78, 5) is 28.7. The molecule has 0 fully saturated rings. The lowest BCUT2D eigenvalue weighted by Crippen LogP contribution is -2.30. The van der Waals surface area contributed by atoms with E-state index in [2.05, 4.69) is 10.3 Å². The zero-order chi connectivity index (χ0) is 18.8. The fourth-order valence-corrected chi connectivity index (χ4v) is 2.89. The van der Waals surface area contributed by atoms with Gasteiger partial charge >= 0.3 is 5.97 Å². The predicted molar refractivity (Wildman–Crippen MR) is 94.8 cm³/mol. The number of fused-ring (bicyclic) bond motifs is 1. The van der Waals surface area contributed by atoms with Crippen molar-refractivity contribution in [3.63, 3.8) is 0 Å². The van der Waals surface area contributed by atoms with Gasteiger partial charge in [0, 0.05) is 17.4 Å². The molecule has 1 N–H and O–H groups in total. The van der Waals surface area contributed by atoms with E-state index in [0.717, 1.165) is 0 Å². The molecule has 7 nitrogen and oxygen atoms in total. The van der Waals surface area contributed by atoms with Crippen molar-refractivity contribution in [1.82, 2.24) is 4.98 Å². The molecular formula is C18H17ClN2O5. The monoisotopic (exact) mass is 376 g/mol. The summed E-state index contributed by atoms with van der Waals surface area (Å²) in [5.74, 6) is -0.0283. The number of nitrogens with one attached hydrogen (secondary N) is 1. The number of anilines is 1. The number of aromatic nitrogens is 1. The number of aryl methyl sites for hydroxylation is 2. The lowest BCUT2D eigenvalue weighted by Gasteiger charge is -2.15. The molecule has 2 aromatic rings. The Bertz CT molecular complexity index is 861. The van der Waals surface area contributed by atoms with E-state index in [9.17, 15) is 9.59 Å². The number of esters is 1. The first kappa shape index (κ1) is 18.0. The van der Waals surface area contributed by atoms with Crippen LogP contribution >= 0.6 is 11.6 Å². The van der Waals surface area contributed by atoms with E-state index < -0.39 is 18.0 Å². The van der Waals surface area contributed by atoms with Crippen LogP contribution < -0.4 is 14.8 Å². The average Bonchev–Trinajstić information content (AvgIpc) is 3.01. The molecule has 0 bridgehead atoms. The molecule has 0 saturated carbocycles. The predicted octanol–water partition coefficient (Wildman–Crippen LogP) is 3.26. The van der Waals surface area contributed by atoms with Crippen LogP contribution in [0.2, 0.25) is 5.15 Å². The van der Waals surface area contributed by atoms with Crippen molar-refractivity contribution in [3.05, 3.63) is 46.2 Å². The van der Waals surface area contributed by atoms with Crippen LogP contribution in [0.3, 0.4) is 0 Å². The standard InChI is InChI=1S/C18H17ClN2O5/c1-9-6-10(2)20-16(19)15(9)18(23)26-11(3)17(22)21-12-4-5-13-14(7-12)25-8-24-13/h4-7,11H,8H2,1-3H3,(H,21,22)/t11-/m0/s1. The molecule has 1 aliphatic heterocycles. The second-order valence-corrected chi connectivity index (χ2v) is 6.21. The summed E-state index contributed by atoms with van der Waals surface area (Å²) in [5, 5.41) is 2.72. The van der Waals surface area contributed by atoms with Gasteiger partial charge in [-0.05, 0) is 44.5 Å². The molecule has 8 heteroatoms. The van der Waals surface area contributed by atoms with Gasteiger partial charge in [-0.15, -0.1) is 0 Å². The Morgan fingerprint density at radius 2 is 1.96 bits per heavy atom. The zero-order valence-corrected chi connectivity index (χ0v) is 15.2. The number of hydrogen-bond acceptors (Lipinski definition) is 6. The molecule has 0 spiro atoms. The van der Waals surface area contributed by atoms with Crippen molar-refractivity contribution in [3.8, 4) is 11.5 Å². The molecule has 1 atom stereocenters. The van der Waals surface area contributed by atoms with Crippen LogP contribution in [0.25, 0.3) is 0 Å². The summed E-state index contributed by atoms with van der Waals surface area (Å²) in [6.07, 6.45) is -1.02. The van der Waals surface area contributed by atoms with Crippen molar-refractivity contribution in [2.45, 2.75) is 26.9 Å². The van der Waals surface area contributed by atoms with E-state index in [1.54, 1.807) is 38.1 Å². The molecular weight excluding hydrogens is 360 g/mol. The molecule has 0 saturated heterocycles. The van der Waals surface area contributed by atoms with Crippen LogP contribution in [0.1, 0.15) is 28.5 Å². The van der Waals surface area contributed by atoms with E-state index in [-0.39, 0.29) is 17.5 Å². The number of ether oxygens (including phenoxy) is 3. The molecule has 26 heavy (non-hydrogen) atoms. The number of pyridine rings is 1. The number of carbonyl (C=O) groups excluding carboxylic acids is 2. The third-order valence-corrected chi connectivity index (χ3v) is 4.07. The molecule has 1 aliphatic rings. The Labute approximate surface area is 155 Å². The fourth-order valence-electron chi connectivity index (χ4n) is 2.53. The van der Waals surface area contributed by atoms with E-state index >= 15 is 0 Å². The highest BCUT2D eigenvalue weighted by Crippen LogP contribution is 2.34. The van der Waals surface area contributed by atoms with Crippen molar-refractivity contribution >= 4 is 29.2 Å². The van der Waals surface area contributed by atoms with Crippen LogP contribution in [0.5, 0.6) is 11.5 Å². The van der Waals surface area contributed by atoms with E-state index in [4.69, 9.17) is 25.8 Å². The Kier molecular flexibility index (Phi) is 4.99. The first-order valence-electron chi connectivity index (χ1n) is 7.90. The maximum absolute atomic E-state index is 12.4. The number of carbonyl (C=O) groups is 2. The molecule has 1 aromatic heterocycles. The number of hydrogen-bond donors (Lipinski definition) is 1. The van der Waals surface area contributed by atoms with Crippen molar-refractivity contribution in [2.24, 2.45) is 0 Å². The topological polar surface area (TPSA) is 86.8 Å². The first-order chi connectivity index (χ1) is 12.3. The Hall–Kier alpha value is -2.80. The second kappa shape index (κ2) is 7.21. The highest BCUT2D eigenvalue weighted by molar-refractivity contribution is 6.32. The summed E-state index contributed by atoms with van der Waals surface area (Å²) < 4.78 is 15.7. The second-order valence-electron chi connectivity index (χ2n) is 5.85. The van der Waals surface area contributed by atoms with Gasteiger partial charge < -0.3 is 19.5 Å². The van der Waals surface area contributed by atoms with Gasteiger partial charge in [-0.3, -0.25) is 4.79 Å². The number of rotatable bonds is 4. The van der Waals surface area contributed by atoms with Crippen LogP contribution in [-0.2, 0) is 9.53 Å². The van der Waals surface area contributed by atoms with Crippen LogP contribution in [0.15, 0.2) is 24.3 Å². The van der Waals surface area contributed by atoms with Gasteiger partial charge in [0.2, 0.25) is 6.79 Å². The van der Waals surface area contributed by atoms with Crippen LogP contribution in [0, 0.1) is 13.8 Å². The highest BCUT2D eigenvalue weighted by atomic mass is 35.5. The molecule has 136 valence electrons. The van der Waals surface area contributed by atoms with Gasteiger partial charge in [-0.25, -0.2) is 9.78 Å². The van der Waals surface area contributed by atoms with Gasteiger partial charge in [-0.2, -0.15) is 0 Å². The number of halogens is 1. The fraction of sp³-hybridized carbons (Fsp3) is 0.278. The zero-order valence-electron chi connectivity index (χ0n) is 14.5. The van der Waals surface area contributed by atoms with Crippen molar-refractivity contribution in [2.75, 3.05) is 12.1 Å². The molecule has 2 heterocycles. The molecule has 0 radical (unpaired) electrons. The minimum Gasteiger partial charge on any atom is -0.454 e. The summed E-state index contributed by atoms with van der Waals surface area (Å²) >= 11 is 6.04. The quantitative estimate of drug-likeness (QED) is 0.651. The Balaban J connectivity index is 1.67. The minimum atomic E-state index is -1.02. The van der Waals surface area contributed by atoms with Crippen LogP contribution in [0.4, 0.5) is 5.69 Å². The number of amides is 1. The largest absolute Gasteiger partial charge is 0.454 e. The molecule has 1 aromatic carbocycles. The molecule has 0 unspecified atom stereocenters. The van der Waals surface area contributed by atoms with E-state index in [0.29, 0.717) is 28.4 Å². The normalized spacial score (nSPS) is 13.2. The van der Waals surface area contributed by atoms with Gasteiger partial charge in [0.25, 0.3) is 5.91 Å². The smallest absolute Gasteiger partial charge is 0.342 e. The van der Waals surface area contributed by atoms with Gasteiger partial charge in [0.15, 0.2) is 17.6 Å². The van der Waals surface area contributed by atoms with Crippen molar-refractivity contribution in [1.29, 1.82) is 0 Å². The summed E-state index contributed by atoms with van der Waals surface area (Å²) in [5.41, 5.74) is 1.99. The SMILES string of the molecule is Cc1cc(C)c(C(=O)O[C@@H](C)C(=O)Nc2ccc3c(c2)OCO3)c(Cl)n1. The summed E-state index contributed by atoms with van der Waals surface area (Å²) in [7, 11) is 0. The first-order valence-corrected chi connectivity index (χ1v) is 8.28. The minimum absolute atomic E-state index is 0.0517. The summed E-state index contributed by atoms with van der Waals surface area (Å²) in [6, 6.07) is 6.72. The van der Waals surface area contributed by atoms with Crippen LogP contribution in [-0.4, -0.2) is 29.8 Å². The summed E-state index contributed by atoms with van der Waals surface area (Å²) in [6.45, 7) is 5.13. The van der Waals surface area contributed by atoms with E-state index in [1.165, 1.54) is 6.92 Å². The lowest BCUT2D eigenvalue weighted by molar-refractivity contribution is -0.123. The average molecular weight is 377 g/mol. The van der Waals surface area contributed by atoms with E-state index in [1.807, 2.05) is 0 Å². The Morgan fingerprint density at radius 1 is 1.23 bits per heavy atom. The lowest BCUT2D eigenvalue weighted by atomic mass is 10.1. The maximum atomic E-state index is 12.4. The van der Waals surface area contributed by atoms with Gasteiger partial charge in [-0.1, -0.05) is 11.6 Å². The molecule has 0 aliphatic carbocycles. The highest BCUT2D eigenvalue weighted by Gasteiger charge is 2.23. The number of benzene rings is 1. The molecule has 3 rings (SSSR count). The van der Waals surface area contributed by atoms with Gasteiger partial charge in [0.05, 0.1) is 5.56 Å². The Morgan fingerprint density at radius 3 is 2.69 bits per heavy atom. The third kappa shape index (κ3) is 3.72. The number of nitrogens with zero attached hydrogens (tertiary/aromatic N) is 1. The van der Waals surface area contributed by atoms with Crippen molar-refractivity contribution < 1.29 is 23.8 Å². The maximum Gasteiger partial charge on any atom is 0.342 e. The third-order valence-electron chi connectivity index (χ3n) is 3.80. The van der Waals surface area contributed by atoms with Gasteiger partial charge in [0.1, 0.15) is 5.15 Å². The molecule has 1 amide bonds.